The maximum atomic E-state index is 12.3. The third kappa shape index (κ3) is 4.81. The van der Waals surface area contributed by atoms with Crippen LogP contribution in [-0.2, 0) is 9.59 Å². The molecular formula is C19H28N2O3. The number of amides is 2. The lowest BCUT2D eigenvalue weighted by Gasteiger charge is -2.24. The fourth-order valence-electron chi connectivity index (χ4n) is 3.23. The summed E-state index contributed by atoms with van der Waals surface area (Å²) < 4.78 is 0. The summed E-state index contributed by atoms with van der Waals surface area (Å²) in [4.78, 5) is 26.2. The summed E-state index contributed by atoms with van der Waals surface area (Å²) in [5.41, 5.74) is 0.849. The highest BCUT2D eigenvalue weighted by atomic mass is 16.3. The smallest absolute Gasteiger partial charge is 0.225 e. The van der Waals surface area contributed by atoms with Gasteiger partial charge in [0.2, 0.25) is 11.8 Å². The van der Waals surface area contributed by atoms with Crippen LogP contribution in [0.15, 0.2) is 30.3 Å². The van der Waals surface area contributed by atoms with Crippen molar-refractivity contribution in [3.63, 3.8) is 0 Å². The van der Waals surface area contributed by atoms with E-state index in [1.807, 2.05) is 42.2 Å². The molecule has 1 aromatic carbocycles. The van der Waals surface area contributed by atoms with E-state index in [-0.39, 0.29) is 23.8 Å². The van der Waals surface area contributed by atoms with E-state index in [2.05, 4.69) is 12.2 Å². The highest BCUT2D eigenvalue weighted by Gasteiger charge is 2.36. The van der Waals surface area contributed by atoms with E-state index in [0.717, 1.165) is 18.4 Å². The zero-order valence-corrected chi connectivity index (χ0v) is 14.6. The van der Waals surface area contributed by atoms with Gasteiger partial charge in [0.05, 0.1) is 12.0 Å². The van der Waals surface area contributed by atoms with Gasteiger partial charge in [0.25, 0.3) is 0 Å². The molecule has 1 aromatic rings. The lowest BCUT2D eigenvalue weighted by molar-refractivity contribution is -0.130. The molecule has 2 amide bonds. The standard InChI is InChI=1S/C19H28N2O3/c1-3-7-14(2)21-13-16(12-18(21)23)19(24)20-11-10-17(22)15-8-5-4-6-9-15/h4-6,8-9,14,16-17,22H,3,7,10-13H2,1-2H3,(H,20,24). The van der Waals surface area contributed by atoms with Crippen molar-refractivity contribution in [2.24, 2.45) is 5.92 Å². The Labute approximate surface area is 144 Å². The van der Waals surface area contributed by atoms with E-state index in [1.165, 1.54) is 0 Å². The minimum absolute atomic E-state index is 0.0698. The third-order valence-electron chi connectivity index (χ3n) is 4.67. The number of likely N-dealkylation sites (tertiary alicyclic amines) is 1. The number of carbonyl (C=O) groups is 2. The predicted octanol–water partition coefficient (Wildman–Crippen LogP) is 2.26. The van der Waals surface area contributed by atoms with Crippen molar-refractivity contribution >= 4 is 11.8 Å². The molecule has 0 spiro atoms. The van der Waals surface area contributed by atoms with Crippen molar-refractivity contribution in [1.82, 2.24) is 10.2 Å². The Morgan fingerprint density at radius 2 is 2.04 bits per heavy atom. The number of aliphatic hydroxyl groups excluding tert-OH is 1. The predicted molar refractivity (Wildman–Crippen MR) is 93.2 cm³/mol. The highest BCUT2D eigenvalue weighted by Crippen LogP contribution is 2.22. The van der Waals surface area contributed by atoms with Crippen molar-refractivity contribution in [3.8, 4) is 0 Å². The maximum Gasteiger partial charge on any atom is 0.225 e. The van der Waals surface area contributed by atoms with Crippen molar-refractivity contribution in [2.75, 3.05) is 13.1 Å². The normalized spacial score (nSPS) is 20.0. The van der Waals surface area contributed by atoms with Crippen LogP contribution in [-0.4, -0.2) is 41.0 Å². The topological polar surface area (TPSA) is 69.6 Å². The van der Waals surface area contributed by atoms with Crippen molar-refractivity contribution in [2.45, 2.75) is 51.7 Å². The monoisotopic (exact) mass is 332 g/mol. The van der Waals surface area contributed by atoms with Gasteiger partial charge < -0.3 is 15.3 Å². The number of carbonyl (C=O) groups excluding carboxylic acids is 2. The lowest BCUT2D eigenvalue weighted by atomic mass is 10.1. The van der Waals surface area contributed by atoms with Gasteiger partial charge in [0, 0.05) is 25.6 Å². The van der Waals surface area contributed by atoms with Gasteiger partial charge in [0.1, 0.15) is 0 Å². The maximum absolute atomic E-state index is 12.3. The largest absolute Gasteiger partial charge is 0.388 e. The molecule has 1 fully saturated rings. The quantitative estimate of drug-likeness (QED) is 0.767. The van der Waals surface area contributed by atoms with E-state index in [0.29, 0.717) is 25.9 Å². The second kappa shape index (κ2) is 8.83. The molecule has 0 aliphatic carbocycles. The van der Waals surface area contributed by atoms with Crippen LogP contribution in [0.4, 0.5) is 0 Å². The molecule has 132 valence electrons. The van der Waals surface area contributed by atoms with Gasteiger partial charge in [-0.1, -0.05) is 43.7 Å². The van der Waals surface area contributed by atoms with Crippen LogP contribution in [0.5, 0.6) is 0 Å². The molecule has 1 saturated heterocycles. The van der Waals surface area contributed by atoms with E-state index in [4.69, 9.17) is 0 Å². The number of rotatable bonds is 8. The van der Waals surface area contributed by atoms with Gasteiger partial charge >= 0.3 is 0 Å². The van der Waals surface area contributed by atoms with Gasteiger partial charge in [0.15, 0.2) is 0 Å². The molecule has 3 unspecified atom stereocenters. The molecule has 0 radical (unpaired) electrons. The number of aliphatic hydroxyl groups is 1. The van der Waals surface area contributed by atoms with Crippen LogP contribution in [0.1, 0.15) is 51.2 Å². The molecule has 2 N–H and O–H groups in total. The van der Waals surface area contributed by atoms with E-state index in [9.17, 15) is 14.7 Å². The molecule has 2 rings (SSSR count). The summed E-state index contributed by atoms with van der Waals surface area (Å²) in [6, 6.07) is 9.60. The molecule has 0 saturated carbocycles. The van der Waals surface area contributed by atoms with E-state index in [1.54, 1.807) is 0 Å². The first-order chi connectivity index (χ1) is 11.5. The molecule has 3 atom stereocenters. The Kier molecular flexibility index (Phi) is 6.79. The second-order valence-electron chi connectivity index (χ2n) is 6.59. The van der Waals surface area contributed by atoms with E-state index < -0.39 is 6.10 Å². The van der Waals surface area contributed by atoms with Crippen LogP contribution < -0.4 is 5.32 Å². The Balaban J connectivity index is 1.76. The Bertz CT molecular complexity index is 547. The Morgan fingerprint density at radius 3 is 2.71 bits per heavy atom. The lowest BCUT2D eigenvalue weighted by Crippen LogP contribution is -2.37. The number of nitrogens with zero attached hydrogens (tertiary/aromatic N) is 1. The number of hydrogen-bond donors (Lipinski definition) is 2. The number of hydrogen-bond acceptors (Lipinski definition) is 3. The fraction of sp³-hybridized carbons (Fsp3) is 0.579. The van der Waals surface area contributed by atoms with Crippen LogP contribution in [0, 0.1) is 5.92 Å². The molecule has 5 heteroatoms. The van der Waals surface area contributed by atoms with Gasteiger partial charge in [-0.25, -0.2) is 0 Å². The minimum Gasteiger partial charge on any atom is -0.388 e. The summed E-state index contributed by atoms with van der Waals surface area (Å²) >= 11 is 0. The third-order valence-corrected chi connectivity index (χ3v) is 4.67. The van der Waals surface area contributed by atoms with Gasteiger partial charge in [-0.2, -0.15) is 0 Å². The van der Waals surface area contributed by atoms with Crippen molar-refractivity contribution in [3.05, 3.63) is 35.9 Å². The first kappa shape index (κ1) is 18.5. The highest BCUT2D eigenvalue weighted by molar-refractivity contribution is 5.89. The number of nitrogens with one attached hydrogen (secondary N) is 1. The fourth-order valence-corrected chi connectivity index (χ4v) is 3.23. The molecule has 5 nitrogen and oxygen atoms in total. The van der Waals surface area contributed by atoms with Gasteiger partial charge in [-0.3, -0.25) is 9.59 Å². The summed E-state index contributed by atoms with van der Waals surface area (Å²) in [5, 5.41) is 13.0. The van der Waals surface area contributed by atoms with Crippen LogP contribution in [0.3, 0.4) is 0 Å². The summed E-state index contributed by atoms with van der Waals surface area (Å²) in [7, 11) is 0. The van der Waals surface area contributed by atoms with Gasteiger partial charge in [-0.15, -0.1) is 0 Å². The molecule has 1 aliphatic heterocycles. The van der Waals surface area contributed by atoms with Crippen LogP contribution in [0.25, 0.3) is 0 Å². The molecule has 24 heavy (non-hydrogen) atoms. The molecule has 0 aromatic heterocycles. The second-order valence-corrected chi connectivity index (χ2v) is 6.59. The average Bonchev–Trinajstić information content (AvgIpc) is 2.97. The van der Waals surface area contributed by atoms with Crippen LogP contribution >= 0.6 is 0 Å². The Morgan fingerprint density at radius 1 is 1.33 bits per heavy atom. The Hall–Kier alpha value is -1.88. The first-order valence-electron chi connectivity index (χ1n) is 8.83. The zero-order chi connectivity index (χ0) is 17.5. The number of benzene rings is 1. The van der Waals surface area contributed by atoms with Crippen LogP contribution in [0.2, 0.25) is 0 Å². The average molecular weight is 332 g/mol. The summed E-state index contributed by atoms with van der Waals surface area (Å²) in [6.45, 7) is 5.05. The van der Waals surface area contributed by atoms with Gasteiger partial charge in [-0.05, 0) is 25.3 Å². The molecule has 0 bridgehead atoms. The summed E-state index contributed by atoms with van der Waals surface area (Å²) in [6.07, 6.45) is 2.16. The van der Waals surface area contributed by atoms with Crippen molar-refractivity contribution in [1.29, 1.82) is 0 Å². The van der Waals surface area contributed by atoms with Crippen molar-refractivity contribution < 1.29 is 14.7 Å². The molecular weight excluding hydrogens is 304 g/mol. The summed E-state index contributed by atoms with van der Waals surface area (Å²) in [5.74, 6) is -0.291. The first-order valence-corrected chi connectivity index (χ1v) is 8.83. The molecule has 1 aliphatic rings. The van der Waals surface area contributed by atoms with E-state index >= 15 is 0 Å². The zero-order valence-electron chi connectivity index (χ0n) is 14.6. The molecule has 1 heterocycles. The SMILES string of the molecule is CCCC(C)N1CC(C(=O)NCCC(O)c2ccccc2)CC1=O. The minimum atomic E-state index is -0.585.